The van der Waals surface area contributed by atoms with Crippen molar-refractivity contribution in [2.75, 3.05) is 13.2 Å². The number of aromatic nitrogens is 1. The highest BCUT2D eigenvalue weighted by molar-refractivity contribution is 5.93. The topological polar surface area (TPSA) is 97.4 Å². The SMILES string of the molecule is CC(C)n1cc([N+](=O)[O-])cc1C(=O)NCCO. The number of nitrogens with one attached hydrogen (secondary N) is 1. The first-order valence-electron chi connectivity index (χ1n) is 5.22. The lowest BCUT2D eigenvalue weighted by atomic mass is 10.3. The third kappa shape index (κ3) is 3.04. The van der Waals surface area contributed by atoms with Crippen LogP contribution in [-0.4, -0.2) is 33.7 Å². The van der Waals surface area contributed by atoms with Gasteiger partial charge in [-0.15, -0.1) is 0 Å². The molecule has 1 amide bonds. The van der Waals surface area contributed by atoms with Gasteiger partial charge in [-0.1, -0.05) is 0 Å². The molecular formula is C10H15N3O4. The third-order valence-corrected chi connectivity index (χ3v) is 2.23. The van der Waals surface area contributed by atoms with E-state index < -0.39 is 10.8 Å². The molecule has 0 atom stereocenters. The van der Waals surface area contributed by atoms with Crippen LogP contribution in [0.15, 0.2) is 12.3 Å². The zero-order chi connectivity index (χ0) is 13.0. The van der Waals surface area contributed by atoms with Crippen LogP contribution in [0, 0.1) is 10.1 Å². The molecule has 0 aliphatic rings. The van der Waals surface area contributed by atoms with Crippen molar-refractivity contribution < 1.29 is 14.8 Å². The van der Waals surface area contributed by atoms with Crippen molar-refractivity contribution in [3.8, 4) is 0 Å². The van der Waals surface area contributed by atoms with Crippen LogP contribution in [0.3, 0.4) is 0 Å². The number of carbonyl (C=O) groups excluding carboxylic acids is 1. The average Bonchev–Trinajstić information content (AvgIpc) is 2.70. The van der Waals surface area contributed by atoms with Crippen LogP contribution in [0.5, 0.6) is 0 Å². The van der Waals surface area contributed by atoms with E-state index in [0.29, 0.717) is 0 Å². The van der Waals surface area contributed by atoms with E-state index in [1.807, 2.05) is 13.8 Å². The van der Waals surface area contributed by atoms with Crippen LogP contribution < -0.4 is 5.32 Å². The van der Waals surface area contributed by atoms with Crippen molar-refractivity contribution in [3.05, 3.63) is 28.1 Å². The number of hydrogen-bond donors (Lipinski definition) is 2. The Balaban J connectivity index is 3.03. The lowest BCUT2D eigenvalue weighted by molar-refractivity contribution is -0.384. The first-order chi connectivity index (χ1) is 7.97. The lowest BCUT2D eigenvalue weighted by Gasteiger charge is -2.11. The van der Waals surface area contributed by atoms with Gasteiger partial charge >= 0.3 is 0 Å². The minimum absolute atomic E-state index is 0.0569. The van der Waals surface area contributed by atoms with Crippen molar-refractivity contribution in [1.82, 2.24) is 9.88 Å². The maximum atomic E-state index is 11.7. The molecule has 0 aliphatic heterocycles. The maximum Gasteiger partial charge on any atom is 0.287 e. The molecule has 94 valence electrons. The second-order valence-electron chi connectivity index (χ2n) is 3.82. The van der Waals surface area contributed by atoms with Gasteiger partial charge in [0.2, 0.25) is 0 Å². The van der Waals surface area contributed by atoms with E-state index in [2.05, 4.69) is 5.32 Å². The molecule has 7 heteroatoms. The summed E-state index contributed by atoms with van der Waals surface area (Å²) in [5.41, 5.74) is 0.105. The molecular weight excluding hydrogens is 226 g/mol. The Morgan fingerprint density at radius 1 is 1.65 bits per heavy atom. The molecule has 0 saturated carbocycles. The molecule has 1 rings (SSSR count). The summed E-state index contributed by atoms with van der Waals surface area (Å²) >= 11 is 0. The fourth-order valence-electron chi connectivity index (χ4n) is 1.43. The second-order valence-corrected chi connectivity index (χ2v) is 3.82. The number of hydrogen-bond acceptors (Lipinski definition) is 4. The van der Waals surface area contributed by atoms with Crippen molar-refractivity contribution in [2.24, 2.45) is 0 Å². The second kappa shape index (κ2) is 5.44. The number of aliphatic hydroxyl groups excluding tert-OH is 1. The molecule has 17 heavy (non-hydrogen) atoms. The van der Waals surface area contributed by atoms with Gasteiger partial charge in [-0.25, -0.2) is 0 Å². The molecule has 0 spiro atoms. The van der Waals surface area contributed by atoms with Crippen molar-refractivity contribution in [3.63, 3.8) is 0 Å². The molecule has 1 aromatic rings. The normalized spacial score (nSPS) is 10.6. The van der Waals surface area contributed by atoms with Crippen molar-refractivity contribution in [1.29, 1.82) is 0 Å². The fraction of sp³-hybridized carbons (Fsp3) is 0.500. The predicted octanol–water partition coefficient (Wildman–Crippen LogP) is 0.699. The highest BCUT2D eigenvalue weighted by Gasteiger charge is 2.20. The number of nitrogens with zero attached hydrogens (tertiary/aromatic N) is 2. The van der Waals surface area contributed by atoms with Gasteiger partial charge in [0, 0.05) is 18.7 Å². The Labute approximate surface area is 98.2 Å². The number of rotatable bonds is 5. The summed E-state index contributed by atoms with van der Waals surface area (Å²) in [5, 5.41) is 21.7. The van der Waals surface area contributed by atoms with Gasteiger partial charge in [-0.3, -0.25) is 14.9 Å². The predicted molar refractivity (Wildman–Crippen MR) is 60.9 cm³/mol. The van der Waals surface area contributed by atoms with Gasteiger partial charge in [0.15, 0.2) is 0 Å². The number of nitro groups is 1. The first-order valence-corrected chi connectivity index (χ1v) is 5.22. The summed E-state index contributed by atoms with van der Waals surface area (Å²) in [4.78, 5) is 21.8. The highest BCUT2D eigenvalue weighted by Crippen LogP contribution is 2.20. The van der Waals surface area contributed by atoms with Crippen LogP contribution >= 0.6 is 0 Å². The van der Waals surface area contributed by atoms with Crippen LogP contribution in [-0.2, 0) is 0 Å². The van der Waals surface area contributed by atoms with E-state index in [1.54, 1.807) is 0 Å². The number of carbonyl (C=O) groups is 1. The Hall–Kier alpha value is -1.89. The Kier molecular flexibility index (Phi) is 4.22. The number of aliphatic hydroxyl groups is 1. The number of amides is 1. The molecule has 7 nitrogen and oxygen atoms in total. The first kappa shape index (κ1) is 13.2. The van der Waals surface area contributed by atoms with Gasteiger partial charge in [0.1, 0.15) is 5.69 Å². The van der Waals surface area contributed by atoms with E-state index >= 15 is 0 Å². The van der Waals surface area contributed by atoms with E-state index in [-0.39, 0.29) is 30.6 Å². The van der Waals surface area contributed by atoms with E-state index in [0.717, 1.165) is 0 Å². The fourth-order valence-corrected chi connectivity index (χ4v) is 1.43. The molecule has 0 aromatic carbocycles. The molecule has 0 fully saturated rings. The van der Waals surface area contributed by atoms with E-state index in [1.165, 1.54) is 16.8 Å². The van der Waals surface area contributed by atoms with E-state index in [4.69, 9.17) is 5.11 Å². The Bertz CT molecular complexity index is 425. The summed E-state index contributed by atoms with van der Waals surface area (Å²) in [6.45, 7) is 3.60. The third-order valence-electron chi connectivity index (χ3n) is 2.23. The van der Waals surface area contributed by atoms with Crippen molar-refractivity contribution in [2.45, 2.75) is 19.9 Å². The van der Waals surface area contributed by atoms with Crippen LogP contribution in [0.25, 0.3) is 0 Å². The standard InChI is InChI=1S/C10H15N3O4/c1-7(2)12-6-8(13(16)17)5-9(12)10(15)11-3-4-14/h5-7,14H,3-4H2,1-2H3,(H,11,15). The smallest absolute Gasteiger partial charge is 0.287 e. The molecule has 0 saturated heterocycles. The zero-order valence-electron chi connectivity index (χ0n) is 9.71. The molecule has 1 heterocycles. The molecule has 0 bridgehead atoms. The summed E-state index contributed by atoms with van der Waals surface area (Å²) in [6, 6.07) is 1.17. The Morgan fingerprint density at radius 2 is 2.29 bits per heavy atom. The molecule has 0 aliphatic carbocycles. The van der Waals surface area contributed by atoms with Gasteiger partial charge < -0.3 is 15.0 Å². The minimum Gasteiger partial charge on any atom is -0.395 e. The molecule has 0 unspecified atom stereocenters. The summed E-state index contributed by atoms with van der Waals surface area (Å²) < 4.78 is 1.53. The molecule has 1 aromatic heterocycles. The summed E-state index contributed by atoms with van der Waals surface area (Å²) in [6.07, 6.45) is 1.33. The molecule has 0 radical (unpaired) electrons. The largest absolute Gasteiger partial charge is 0.395 e. The van der Waals surface area contributed by atoms with Crippen molar-refractivity contribution >= 4 is 11.6 Å². The highest BCUT2D eigenvalue weighted by atomic mass is 16.6. The molecule has 2 N–H and O–H groups in total. The van der Waals surface area contributed by atoms with Crippen LogP contribution in [0.2, 0.25) is 0 Å². The van der Waals surface area contributed by atoms with Gasteiger partial charge in [-0.05, 0) is 13.8 Å². The lowest BCUT2D eigenvalue weighted by Crippen LogP contribution is -2.28. The van der Waals surface area contributed by atoms with Gasteiger partial charge in [-0.2, -0.15) is 0 Å². The monoisotopic (exact) mass is 241 g/mol. The van der Waals surface area contributed by atoms with Gasteiger partial charge in [0.25, 0.3) is 11.6 Å². The zero-order valence-corrected chi connectivity index (χ0v) is 9.71. The maximum absolute atomic E-state index is 11.7. The van der Waals surface area contributed by atoms with E-state index in [9.17, 15) is 14.9 Å². The quantitative estimate of drug-likeness (QED) is 0.585. The van der Waals surface area contributed by atoms with Crippen LogP contribution in [0.1, 0.15) is 30.4 Å². The minimum atomic E-state index is -0.540. The average molecular weight is 241 g/mol. The summed E-state index contributed by atoms with van der Waals surface area (Å²) in [7, 11) is 0. The Morgan fingerprint density at radius 3 is 2.76 bits per heavy atom. The van der Waals surface area contributed by atoms with Gasteiger partial charge in [0.05, 0.1) is 17.7 Å². The summed E-state index contributed by atoms with van der Waals surface area (Å²) in [5.74, 6) is -0.430. The van der Waals surface area contributed by atoms with Crippen LogP contribution in [0.4, 0.5) is 5.69 Å².